The number of hydrogen-bond donors (Lipinski definition) is 1. The normalized spacial score (nSPS) is 10.9. The van der Waals surface area contributed by atoms with E-state index in [1.807, 2.05) is 0 Å². The van der Waals surface area contributed by atoms with Crippen molar-refractivity contribution in [3.8, 4) is 5.95 Å². The highest BCUT2D eigenvalue weighted by molar-refractivity contribution is 6.28. The summed E-state index contributed by atoms with van der Waals surface area (Å²) in [5.41, 5.74) is 0. The Bertz CT molecular complexity index is 509. The van der Waals surface area contributed by atoms with Gasteiger partial charge in [-0.1, -0.05) is 26.7 Å². The average Bonchev–Trinajstić information content (AvgIpc) is 2.93. The predicted octanol–water partition coefficient (Wildman–Crippen LogP) is 2.56. The van der Waals surface area contributed by atoms with Crippen molar-refractivity contribution in [1.82, 2.24) is 24.7 Å². The highest BCUT2D eigenvalue weighted by Gasteiger charge is 2.09. The average molecular weight is 281 g/mol. The van der Waals surface area contributed by atoms with E-state index in [9.17, 15) is 0 Å². The van der Waals surface area contributed by atoms with Gasteiger partial charge in [0, 0.05) is 18.9 Å². The van der Waals surface area contributed by atoms with Crippen LogP contribution in [0.5, 0.6) is 0 Å². The van der Waals surface area contributed by atoms with Crippen molar-refractivity contribution in [2.75, 3.05) is 11.9 Å². The van der Waals surface area contributed by atoms with Crippen molar-refractivity contribution in [1.29, 1.82) is 0 Å². The van der Waals surface area contributed by atoms with Crippen molar-refractivity contribution in [3.63, 3.8) is 0 Å². The lowest BCUT2D eigenvalue weighted by Crippen LogP contribution is -2.16. The van der Waals surface area contributed by atoms with E-state index in [0.717, 1.165) is 19.4 Å². The van der Waals surface area contributed by atoms with E-state index in [1.54, 1.807) is 23.1 Å². The highest BCUT2D eigenvalue weighted by Crippen LogP contribution is 2.11. The second kappa shape index (κ2) is 6.47. The van der Waals surface area contributed by atoms with E-state index in [4.69, 9.17) is 11.6 Å². The number of rotatable bonds is 6. The fraction of sp³-hybridized carbons (Fsp3) is 0.500. The topological polar surface area (TPSA) is 68.5 Å². The van der Waals surface area contributed by atoms with E-state index in [-0.39, 0.29) is 5.28 Å². The second-order valence-corrected chi connectivity index (χ2v) is 4.58. The van der Waals surface area contributed by atoms with E-state index < -0.39 is 0 Å². The first-order chi connectivity index (χ1) is 9.22. The van der Waals surface area contributed by atoms with Crippen LogP contribution in [0, 0.1) is 5.92 Å². The lowest BCUT2D eigenvalue weighted by Gasteiger charge is -2.13. The Hall–Kier alpha value is -1.69. The van der Waals surface area contributed by atoms with Gasteiger partial charge >= 0.3 is 0 Å². The molecule has 2 aromatic heterocycles. The maximum absolute atomic E-state index is 5.91. The van der Waals surface area contributed by atoms with E-state index in [2.05, 4.69) is 39.2 Å². The monoisotopic (exact) mass is 280 g/mol. The first-order valence-electron chi connectivity index (χ1n) is 6.38. The standard InChI is InChI=1S/C12H17ClN6/c1-3-9(4-2)8-14-11-16-10(13)17-12(18-11)19-7-5-6-15-19/h5-7,9H,3-4,8H2,1-2H3,(H,14,16,17,18). The summed E-state index contributed by atoms with van der Waals surface area (Å²) in [6, 6.07) is 1.80. The molecule has 0 amide bonds. The maximum Gasteiger partial charge on any atom is 0.256 e. The van der Waals surface area contributed by atoms with Gasteiger partial charge in [-0.15, -0.1) is 0 Å². The molecule has 0 saturated carbocycles. The molecule has 19 heavy (non-hydrogen) atoms. The molecule has 0 aliphatic rings. The van der Waals surface area contributed by atoms with Gasteiger partial charge in [0.25, 0.3) is 5.95 Å². The van der Waals surface area contributed by atoms with Crippen LogP contribution in [0.4, 0.5) is 5.95 Å². The number of nitrogens with one attached hydrogen (secondary N) is 1. The van der Waals surface area contributed by atoms with Gasteiger partial charge in [-0.3, -0.25) is 0 Å². The summed E-state index contributed by atoms with van der Waals surface area (Å²) in [5.74, 6) is 1.50. The van der Waals surface area contributed by atoms with Crippen LogP contribution in [-0.2, 0) is 0 Å². The Morgan fingerprint density at radius 1 is 1.26 bits per heavy atom. The van der Waals surface area contributed by atoms with Crippen LogP contribution in [0.25, 0.3) is 5.95 Å². The van der Waals surface area contributed by atoms with Crippen molar-refractivity contribution >= 4 is 17.5 Å². The molecule has 0 radical (unpaired) electrons. The molecule has 7 heteroatoms. The second-order valence-electron chi connectivity index (χ2n) is 4.24. The Labute approximate surface area is 117 Å². The predicted molar refractivity (Wildman–Crippen MR) is 74.5 cm³/mol. The molecule has 0 aliphatic heterocycles. The molecule has 1 N–H and O–H groups in total. The van der Waals surface area contributed by atoms with Gasteiger partial charge in [0.2, 0.25) is 11.2 Å². The molecule has 0 aromatic carbocycles. The molecule has 0 saturated heterocycles. The molecule has 0 unspecified atom stereocenters. The molecule has 0 bridgehead atoms. The van der Waals surface area contributed by atoms with Gasteiger partial charge in [0.15, 0.2) is 0 Å². The summed E-state index contributed by atoms with van der Waals surface area (Å²) < 4.78 is 1.55. The molecule has 2 heterocycles. The van der Waals surface area contributed by atoms with Gasteiger partial charge in [-0.05, 0) is 23.6 Å². The third-order valence-corrected chi connectivity index (χ3v) is 3.18. The van der Waals surface area contributed by atoms with Crippen LogP contribution in [0.15, 0.2) is 18.5 Å². The minimum Gasteiger partial charge on any atom is -0.354 e. The lowest BCUT2D eigenvalue weighted by atomic mass is 10.0. The minimum atomic E-state index is 0.160. The summed E-state index contributed by atoms with van der Waals surface area (Å²) >= 11 is 5.91. The van der Waals surface area contributed by atoms with Crippen LogP contribution in [0.3, 0.4) is 0 Å². The quantitative estimate of drug-likeness (QED) is 0.881. The number of anilines is 1. The maximum atomic E-state index is 5.91. The number of nitrogens with zero attached hydrogens (tertiary/aromatic N) is 5. The van der Waals surface area contributed by atoms with E-state index >= 15 is 0 Å². The molecule has 0 atom stereocenters. The number of halogens is 1. The molecule has 6 nitrogen and oxygen atoms in total. The Morgan fingerprint density at radius 2 is 2.05 bits per heavy atom. The van der Waals surface area contributed by atoms with Crippen molar-refractivity contribution < 1.29 is 0 Å². The van der Waals surface area contributed by atoms with Gasteiger partial charge in [-0.25, -0.2) is 4.68 Å². The van der Waals surface area contributed by atoms with E-state index in [0.29, 0.717) is 17.8 Å². The third kappa shape index (κ3) is 3.64. The van der Waals surface area contributed by atoms with E-state index in [1.165, 1.54) is 0 Å². The largest absolute Gasteiger partial charge is 0.354 e. The summed E-state index contributed by atoms with van der Waals surface area (Å²) in [6.07, 6.45) is 5.66. The van der Waals surface area contributed by atoms with Crippen LogP contribution >= 0.6 is 11.6 Å². The van der Waals surface area contributed by atoms with Crippen molar-refractivity contribution in [2.45, 2.75) is 26.7 Å². The lowest BCUT2D eigenvalue weighted by molar-refractivity contribution is 0.517. The first kappa shape index (κ1) is 13.7. The fourth-order valence-electron chi connectivity index (χ4n) is 1.72. The molecule has 2 rings (SSSR count). The van der Waals surface area contributed by atoms with Crippen LogP contribution in [-0.4, -0.2) is 31.3 Å². The highest BCUT2D eigenvalue weighted by atomic mass is 35.5. The molecule has 2 aromatic rings. The van der Waals surface area contributed by atoms with Crippen LogP contribution in [0.1, 0.15) is 26.7 Å². The van der Waals surface area contributed by atoms with Gasteiger partial charge in [0.05, 0.1) is 0 Å². The van der Waals surface area contributed by atoms with Crippen LogP contribution in [0.2, 0.25) is 5.28 Å². The fourth-order valence-corrected chi connectivity index (χ4v) is 1.88. The SMILES string of the molecule is CCC(CC)CNc1nc(Cl)nc(-n2cccn2)n1. The molecule has 102 valence electrons. The van der Waals surface area contributed by atoms with Crippen molar-refractivity contribution in [3.05, 3.63) is 23.7 Å². The summed E-state index contributed by atoms with van der Waals surface area (Å²) in [7, 11) is 0. The Morgan fingerprint density at radius 3 is 2.68 bits per heavy atom. The summed E-state index contributed by atoms with van der Waals surface area (Å²) in [5, 5.41) is 7.44. The smallest absolute Gasteiger partial charge is 0.256 e. The third-order valence-electron chi connectivity index (χ3n) is 3.01. The van der Waals surface area contributed by atoms with Crippen LogP contribution < -0.4 is 5.32 Å². The zero-order chi connectivity index (χ0) is 13.7. The molecular formula is C12H17ClN6. The van der Waals surface area contributed by atoms with Crippen molar-refractivity contribution in [2.24, 2.45) is 5.92 Å². The first-order valence-corrected chi connectivity index (χ1v) is 6.76. The number of aromatic nitrogens is 5. The zero-order valence-electron chi connectivity index (χ0n) is 11.0. The zero-order valence-corrected chi connectivity index (χ0v) is 11.8. The minimum absolute atomic E-state index is 0.160. The Kier molecular flexibility index (Phi) is 4.68. The molecule has 0 aliphatic carbocycles. The van der Waals surface area contributed by atoms with Gasteiger partial charge in [-0.2, -0.15) is 20.1 Å². The molecule has 0 fully saturated rings. The van der Waals surface area contributed by atoms with Gasteiger partial charge < -0.3 is 5.32 Å². The Balaban J connectivity index is 2.13. The summed E-state index contributed by atoms with van der Waals surface area (Å²) in [6.45, 7) is 5.17. The number of hydrogen-bond acceptors (Lipinski definition) is 5. The molecule has 0 spiro atoms. The molecular weight excluding hydrogens is 264 g/mol. The summed E-state index contributed by atoms with van der Waals surface area (Å²) in [4.78, 5) is 12.4. The van der Waals surface area contributed by atoms with Gasteiger partial charge in [0.1, 0.15) is 0 Å².